The average Bonchev–Trinajstić information content (AvgIpc) is 3.11. The Hall–Kier alpha value is -3.64. The van der Waals surface area contributed by atoms with Crippen molar-refractivity contribution in [1.82, 2.24) is 5.32 Å². The van der Waals surface area contributed by atoms with Crippen LogP contribution in [0.2, 0.25) is 0 Å². The van der Waals surface area contributed by atoms with Crippen molar-refractivity contribution in [3.8, 4) is 0 Å². The molecule has 0 saturated carbocycles. The van der Waals surface area contributed by atoms with Gasteiger partial charge in [-0.15, -0.1) is 0 Å². The van der Waals surface area contributed by atoms with E-state index in [-0.39, 0.29) is 11.8 Å². The SMILES string of the molecule is CNC(=O)c1ccc(C[NH+](C)CC(=O)Nc2ccc3oc4ccccc4c3c2)cc1. The van der Waals surface area contributed by atoms with Crippen molar-refractivity contribution in [2.24, 2.45) is 0 Å². The third-order valence-electron chi connectivity index (χ3n) is 5.07. The molecule has 1 atom stereocenters. The molecule has 0 bridgehead atoms. The highest BCUT2D eigenvalue weighted by atomic mass is 16.3. The van der Waals surface area contributed by atoms with Gasteiger partial charge in [-0.3, -0.25) is 9.59 Å². The fourth-order valence-electron chi connectivity index (χ4n) is 3.61. The number of anilines is 1. The molecule has 0 aliphatic rings. The van der Waals surface area contributed by atoms with Gasteiger partial charge >= 0.3 is 0 Å². The molecule has 0 saturated heterocycles. The molecule has 1 aromatic heterocycles. The molecular formula is C24H24N3O3+. The molecule has 3 N–H and O–H groups in total. The molecule has 1 unspecified atom stereocenters. The van der Waals surface area contributed by atoms with Crippen LogP contribution in [0.1, 0.15) is 15.9 Å². The molecule has 0 spiro atoms. The monoisotopic (exact) mass is 402 g/mol. The number of quaternary nitrogens is 1. The minimum atomic E-state index is -0.107. The number of rotatable bonds is 6. The summed E-state index contributed by atoms with van der Waals surface area (Å²) >= 11 is 0. The maximum atomic E-state index is 12.5. The van der Waals surface area contributed by atoms with Crippen LogP contribution in [-0.2, 0) is 11.3 Å². The van der Waals surface area contributed by atoms with Crippen molar-refractivity contribution in [1.29, 1.82) is 0 Å². The minimum absolute atomic E-state index is 0.0540. The Morgan fingerprint density at radius 2 is 1.67 bits per heavy atom. The molecule has 3 aromatic carbocycles. The Morgan fingerprint density at radius 1 is 0.933 bits per heavy atom. The Kier molecular flexibility index (Phi) is 5.50. The number of furan rings is 1. The summed E-state index contributed by atoms with van der Waals surface area (Å²) in [6.45, 7) is 1.02. The van der Waals surface area contributed by atoms with Gasteiger partial charge in [0.25, 0.3) is 11.8 Å². The van der Waals surface area contributed by atoms with Gasteiger partial charge in [0.1, 0.15) is 17.7 Å². The zero-order valence-electron chi connectivity index (χ0n) is 17.0. The van der Waals surface area contributed by atoms with E-state index in [4.69, 9.17) is 4.42 Å². The summed E-state index contributed by atoms with van der Waals surface area (Å²) in [5.41, 5.74) is 4.08. The maximum Gasteiger partial charge on any atom is 0.279 e. The van der Waals surface area contributed by atoms with Crippen molar-refractivity contribution in [3.63, 3.8) is 0 Å². The van der Waals surface area contributed by atoms with Crippen LogP contribution in [0.3, 0.4) is 0 Å². The molecule has 0 fully saturated rings. The first-order chi connectivity index (χ1) is 14.5. The first kappa shape index (κ1) is 19.7. The molecule has 2 amide bonds. The molecule has 6 heteroatoms. The van der Waals surface area contributed by atoms with Crippen LogP contribution in [-0.4, -0.2) is 32.5 Å². The lowest BCUT2D eigenvalue weighted by Gasteiger charge is -2.14. The molecular weight excluding hydrogens is 378 g/mol. The van der Waals surface area contributed by atoms with Crippen LogP contribution in [0, 0.1) is 0 Å². The van der Waals surface area contributed by atoms with E-state index < -0.39 is 0 Å². The fraction of sp³-hybridized carbons (Fsp3) is 0.167. The van der Waals surface area contributed by atoms with E-state index in [0.29, 0.717) is 18.7 Å². The van der Waals surface area contributed by atoms with Crippen LogP contribution >= 0.6 is 0 Å². The first-order valence-electron chi connectivity index (χ1n) is 9.87. The van der Waals surface area contributed by atoms with Crippen LogP contribution in [0.4, 0.5) is 5.69 Å². The zero-order chi connectivity index (χ0) is 21.1. The number of carbonyl (C=O) groups is 2. The Labute approximate surface area is 174 Å². The number of amides is 2. The van der Waals surface area contributed by atoms with Crippen molar-refractivity contribution in [3.05, 3.63) is 77.9 Å². The zero-order valence-corrected chi connectivity index (χ0v) is 17.0. The van der Waals surface area contributed by atoms with E-state index in [9.17, 15) is 9.59 Å². The molecule has 0 radical (unpaired) electrons. The minimum Gasteiger partial charge on any atom is -0.456 e. The predicted octanol–water partition coefficient (Wildman–Crippen LogP) is 2.60. The highest BCUT2D eigenvalue weighted by Gasteiger charge is 2.13. The van der Waals surface area contributed by atoms with E-state index in [0.717, 1.165) is 38.1 Å². The average molecular weight is 402 g/mol. The molecule has 0 aliphatic heterocycles. The highest BCUT2D eigenvalue weighted by molar-refractivity contribution is 6.07. The smallest absolute Gasteiger partial charge is 0.279 e. The lowest BCUT2D eigenvalue weighted by Crippen LogP contribution is -3.08. The molecule has 152 valence electrons. The number of fused-ring (bicyclic) bond motifs is 3. The van der Waals surface area contributed by atoms with E-state index in [1.807, 2.05) is 61.6 Å². The summed E-state index contributed by atoms with van der Waals surface area (Å²) in [5, 5.41) is 7.61. The number of likely N-dealkylation sites (N-methyl/N-ethyl adjacent to an activating group) is 1. The quantitative estimate of drug-likeness (QED) is 0.464. The Bertz CT molecular complexity index is 1210. The topological polar surface area (TPSA) is 75.8 Å². The Balaban J connectivity index is 1.39. The first-order valence-corrected chi connectivity index (χ1v) is 9.87. The van der Waals surface area contributed by atoms with Crippen LogP contribution in [0.25, 0.3) is 21.9 Å². The summed E-state index contributed by atoms with van der Waals surface area (Å²) in [6, 6.07) is 21.0. The molecule has 4 rings (SSSR count). The second-order valence-corrected chi connectivity index (χ2v) is 7.44. The number of hydrogen-bond acceptors (Lipinski definition) is 3. The third-order valence-corrected chi connectivity index (χ3v) is 5.07. The standard InChI is InChI=1S/C24H23N3O3/c1-25-24(29)17-9-7-16(8-10-17)14-27(2)15-23(28)26-18-11-12-22-20(13-18)19-5-3-4-6-21(19)30-22/h3-13H,14-15H2,1-2H3,(H,25,29)(H,26,28)/p+1. The van der Waals surface area contributed by atoms with Gasteiger partial charge in [-0.05, 0) is 36.4 Å². The largest absolute Gasteiger partial charge is 0.456 e. The summed E-state index contributed by atoms with van der Waals surface area (Å²) in [6.07, 6.45) is 0. The van der Waals surface area contributed by atoms with Crippen LogP contribution in [0.5, 0.6) is 0 Å². The van der Waals surface area contributed by atoms with Crippen molar-refractivity contribution >= 4 is 39.4 Å². The lowest BCUT2D eigenvalue weighted by atomic mass is 10.1. The normalized spacial score (nSPS) is 12.1. The second kappa shape index (κ2) is 8.39. The summed E-state index contributed by atoms with van der Waals surface area (Å²) < 4.78 is 5.83. The van der Waals surface area contributed by atoms with Gasteiger partial charge in [0.15, 0.2) is 6.54 Å². The van der Waals surface area contributed by atoms with Gasteiger partial charge in [-0.25, -0.2) is 0 Å². The molecule has 4 aromatic rings. The van der Waals surface area contributed by atoms with Gasteiger partial charge in [0.05, 0.1) is 7.05 Å². The fourth-order valence-corrected chi connectivity index (χ4v) is 3.61. The predicted molar refractivity (Wildman–Crippen MR) is 118 cm³/mol. The van der Waals surface area contributed by atoms with E-state index in [2.05, 4.69) is 10.6 Å². The van der Waals surface area contributed by atoms with Crippen molar-refractivity contribution in [2.75, 3.05) is 26.0 Å². The van der Waals surface area contributed by atoms with Gasteiger partial charge in [0.2, 0.25) is 0 Å². The molecule has 1 heterocycles. The van der Waals surface area contributed by atoms with E-state index in [1.54, 1.807) is 19.2 Å². The van der Waals surface area contributed by atoms with Gasteiger partial charge in [-0.2, -0.15) is 0 Å². The highest BCUT2D eigenvalue weighted by Crippen LogP contribution is 2.30. The number of hydrogen-bond donors (Lipinski definition) is 3. The van der Waals surface area contributed by atoms with Crippen molar-refractivity contribution < 1.29 is 18.9 Å². The van der Waals surface area contributed by atoms with Crippen LogP contribution in [0.15, 0.2) is 71.1 Å². The summed E-state index contributed by atoms with van der Waals surface area (Å²) in [7, 11) is 3.58. The molecule has 6 nitrogen and oxygen atoms in total. The number of para-hydroxylation sites is 1. The molecule has 0 aliphatic carbocycles. The van der Waals surface area contributed by atoms with Gasteiger partial charge < -0.3 is 20.0 Å². The van der Waals surface area contributed by atoms with E-state index >= 15 is 0 Å². The number of nitrogens with one attached hydrogen (secondary N) is 3. The lowest BCUT2D eigenvalue weighted by molar-refractivity contribution is -0.885. The second-order valence-electron chi connectivity index (χ2n) is 7.44. The van der Waals surface area contributed by atoms with E-state index in [1.165, 1.54) is 0 Å². The Morgan fingerprint density at radius 3 is 2.43 bits per heavy atom. The molecule has 30 heavy (non-hydrogen) atoms. The summed E-state index contributed by atoms with van der Waals surface area (Å²) in [4.78, 5) is 25.2. The van der Waals surface area contributed by atoms with Gasteiger partial charge in [0, 0.05) is 34.6 Å². The van der Waals surface area contributed by atoms with Gasteiger partial charge in [-0.1, -0.05) is 30.3 Å². The van der Waals surface area contributed by atoms with Crippen molar-refractivity contribution in [2.45, 2.75) is 6.54 Å². The maximum absolute atomic E-state index is 12.5. The number of carbonyl (C=O) groups excluding carboxylic acids is 2. The number of benzene rings is 3. The summed E-state index contributed by atoms with van der Waals surface area (Å²) in [5.74, 6) is -0.161. The third kappa shape index (κ3) is 4.18. The van der Waals surface area contributed by atoms with Crippen LogP contribution < -0.4 is 15.5 Å².